The number of aliphatic carboxylic acids is 1. The molecule has 1 fully saturated rings. The largest absolute Gasteiger partial charge is 0.481 e. The fourth-order valence-electron chi connectivity index (χ4n) is 3.84. The van der Waals surface area contributed by atoms with Gasteiger partial charge in [-0.1, -0.05) is 0 Å². The number of piperidine rings is 1. The van der Waals surface area contributed by atoms with Gasteiger partial charge in [0.05, 0.1) is 17.9 Å². The molecular formula is C22H20F5N3O3. The average Bonchev–Trinajstić information content (AvgIpc) is 3.25. The topological polar surface area (TPSA) is 79.5 Å². The number of hydrogen-bond acceptors (Lipinski definition) is 5. The molecule has 4 rings (SSSR count). The van der Waals surface area contributed by atoms with Crippen LogP contribution in [0.15, 0.2) is 41.1 Å². The SMILES string of the molecule is O=C(O)C1CCN(c2nc(CCC(F)(F)C(F)(F)F)cnc2-c2ccc3occc3c2)CC1. The van der Waals surface area contributed by atoms with Crippen molar-refractivity contribution in [1.29, 1.82) is 0 Å². The van der Waals surface area contributed by atoms with E-state index in [0.29, 0.717) is 48.6 Å². The van der Waals surface area contributed by atoms with Crippen LogP contribution in [0.1, 0.15) is 25.0 Å². The molecule has 0 amide bonds. The van der Waals surface area contributed by atoms with Gasteiger partial charge in [0.2, 0.25) is 0 Å². The van der Waals surface area contributed by atoms with E-state index in [1.165, 1.54) is 12.5 Å². The molecule has 176 valence electrons. The highest BCUT2D eigenvalue weighted by Gasteiger charge is 2.56. The Balaban J connectivity index is 1.66. The monoisotopic (exact) mass is 469 g/mol. The van der Waals surface area contributed by atoms with E-state index in [4.69, 9.17) is 4.42 Å². The number of fused-ring (bicyclic) bond motifs is 1. The minimum atomic E-state index is -5.64. The van der Waals surface area contributed by atoms with E-state index in [0.717, 1.165) is 5.39 Å². The first-order valence-corrected chi connectivity index (χ1v) is 10.3. The summed E-state index contributed by atoms with van der Waals surface area (Å²) in [7, 11) is 0. The lowest BCUT2D eigenvalue weighted by atomic mass is 9.96. The van der Waals surface area contributed by atoms with Gasteiger partial charge < -0.3 is 14.4 Å². The molecule has 0 bridgehead atoms. The molecule has 1 aromatic carbocycles. The predicted molar refractivity (Wildman–Crippen MR) is 109 cm³/mol. The molecular weight excluding hydrogens is 449 g/mol. The molecule has 0 unspecified atom stereocenters. The van der Waals surface area contributed by atoms with Crippen molar-refractivity contribution in [3.63, 3.8) is 0 Å². The van der Waals surface area contributed by atoms with Crippen molar-refractivity contribution in [3.05, 3.63) is 42.4 Å². The number of rotatable bonds is 6. The molecule has 1 N–H and O–H groups in total. The van der Waals surface area contributed by atoms with Gasteiger partial charge in [0.25, 0.3) is 0 Å². The van der Waals surface area contributed by atoms with Crippen LogP contribution in [0.3, 0.4) is 0 Å². The minimum Gasteiger partial charge on any atom is -0.481 e. The number of halogens is 5. The van der Waals surface area contributed by atoms with Gasteiger partial charge in [0.15, 0.2) is 5.82 Å². The van der Waals surface area contributed by atoms with E-state index in [9.17, 15) is 31.9 Å². The van der Waals surface area contributed by atoms with Crippen molar-refractivity contribution >= 4 is 22.8 Å². The molecule has 0 aliphatic carbocycles. The fourth-order valence-corrected chi connectivity index (χ4v) is 3.84. The first-order chi connectivity index (χ1) is 15.5. The normalized spacial score (nSPS) is 15.8. The number of aromatic nitrogens is 2. The number of carboxylic acid groups (broad SMARTS) is 1. The Labute approximate surface area is 185 Å². The summed E-state index contributed by atoms with van der Waals surface area (Å²) < 4.78 is 69.8. The van der Waals surface area contributed by atoms with E-state index >= 15 is 0 Å². The summed E-state index contributed by atoms with van der Waals surface area (Å²) >= 11 is 0. The lowest BCUT2D eigenvalue weighted by Crippen LogP contribution is -2.38. The van der Waals surface area contributed by atoms with Crippen molar-refractivity contribution in [2.45, 2.75) is 37.8 Å². The molecule has 0 saturated carbocycles. The van der Waals surface area contributed by atoms with Crippen molar-refractivity contribution in [1.82, 2.24) is 9.97 Å². The highest BCUT2D eigenvalue weighted by atomic mass is 19.4. The fraction of sp³-hybridized carbons (Fsp3) is 0.409. The molecule has 2 aromatic heterocycles. The summed E-state index contributed by atoms with van der Waals surface area (Å²) in [6, 6.07) is 7.07. The Morgan fingerprint density at radius 1 is 1.15 bits per heavy atom. The lowest BCUT2D eigenvalue weighted by molar-refractivity contribution is -0.284. The Bertz CT molecular complexity index is 1150. The van der Waals surface area contributed by atoms with E-state index in [-0.39, 0.29) is 5.69 Å². The molecule has 33 heavy (non-hydrogen) atoms. The third-order valence-electron chi connectivity index (χ3n) is 5.78. The first-order valence-electron chi connectivity index (χ1n) is 10.3. The summed E-state index contributed by atoms with van der Waals surface area (Å²) in [6.07, 6.45) is -4.25. The van der Waals surface area contributed by atoms with Gasteiger partial charge in [0.1, 0.15) is 11.3 Å². The van der Waals surface area contributed by atoms with Crippen LogP contribution in [-0.4, -0.2) is 46.2 Å². The zero-order valence-corrected chi connectivity index (χ0v) is 17.3. The zero-order chi connectivity index (χ0) is 23.8. The number of furan rings is 1. The van der Waals surface area contributed by atoms with Crippen LogP contribution < -0.4 is 4.90 Å². The molecule has 0 spiro atoms. The second kappa shape index (κ2) is 8.60. The van der Waals surface area contributed by atoms with Gasteiger partial charge in [-0.3, -0.25) is 9.78 Å². The molecule has 3 aromatic rings. The predicted octanol–water partition coefficient (Wildman–Crippen LogP) is 5.32. The molecule has 3 heterocycles. The highest BCUT2D eigenvalue weighted by molar-refractivity contribution is 5.85. The number of benzene rings is 1. The molecule has 11 heteroatoms. The van der Waals surface area contributed by atoms with Crippen LogP contribution in [0.4, 0.5) is 27.8 Å². The molecule has 0 atom stereocenters. The number of anilines is 1. The number of hydrogen-bond donors (Lipinski definition) is 1. The second-order valence-electron chi connectivity index (χ2n) is 8.01. The maximum Gasteiger partial charge on any atom is 0.453 e. The molecule has 1 aliphatic rings. The Morgan fingerprint density at radius 3 is 2.55 bits per heavy atom. The summed E-state index contributed by atoms with van der Waals surface area (Å²) in [5.74, 6) is -5.91. The van der Waals surface area contributed by atoms with E-state index in [2.05, 4.69) is 9.97 Å². The number of carboxylic acids is 1. The van der Waals surface area contributed by atoms with E-state index in [1.54, 1.807) is 23.1 Å². The van der Waals surface area contributed by atoms with Gasteiger partial charge in [-0.15, -0.1) is 0 Å². The molecule has 6 nitrogen and oxygen atoms in total. The van der Waals surface area contributed by atoms with Crippen LogP contribution in [0.2, 0.25) is 0 Å². The first kappa shape index (κ1) is 22.9. The zero-order valence-electron chi connectivity index (χ0n) is 17.3. The summed E-state index contributed by atoms with van der Waals surface area (Å²) in [4.78, 5) is 21.8. The van der Waals surface area contributed by atoms with Crippen LogP contribution in [0.25, 0.3) is 22.2 Å². The van der Waals surface area contributed by atoms with Crippen molar-refractivity contribution in [2.75, 3.05) is 18.0 Å². The number of carbonyl (C=O) groups is 1. The maximum atomic E-state index is 13.4. The van der Waals surface area contributed by atoms with Crippen LogP contribution in [-0.2, 0) is 11.2 Å². The standard InChI is InChI=1S/C22H20F5N3O3/c23-21(24,22(25,26)27)7-3-16-12-28-18(15-1-2-17-14(11-15)6-10-33-17)19(29-16)30-8-4-13(5-9-30)20(31)32/h1-2,6,10-13H,3-5,7-9H2,(H,31,32). The van der Waals surface area contributed by atoms with E-state index < -0.39 is 36.8 Å². The van der Waals surface area contributed by atoms with Crippen molar-refractivity contribution in [2.24, 2.45) is 5.92 Å². The van der Waals surface area contributed by atoms with Crippen LogP contribution in [0, 0.1) is 5.92 Å². The maximum absolute atomic E-state index is 13.4. The number of aryl methyl sites for hydroxylation is 1. The summed E-state index contributed by atoms with van der Waals surface area (Å²) in [6.45, 7) is 0.684. The van der Waals surface area contributed by atoms with Crippen molar-refractivity contribution in [3.8, 4) is 11.3 Å². The number of alkyl halides is 5. The summed E-state index contributed by atoms with van der Waals surface area (Å²) in [5.41, 5.74) is 1.75. The van der Waals surface area contributed by atoms with Crippen LogP contribution in [0.5, 0.6) is 0 Å². The van der Waals surface area contributed by atoms with Gasteiger partial charge in [-0.2, -0.15) is 22.0 Å². The molecule has 0 radical (unpaired) electrons. The van der Waals surface area contributed by atoms with Gasteiger partial charge >= 0.3 is 18.1 Å². The lowest BCUT2D eigenvalue weighted by Gasteiger charge is -2.32. The second-order valence-corrected chi connectivity index (χ2v) is 8.01. The minimum absolute atomic E-state index is 0.00224. The Hall–Kier alpha value is -3.24. The van der Waals surface area contributed by atoms with Gasteiger partial charge in [0, 0.05) is 36.7 Å². The van der Waals surface area contributed by atoms with E-state index in [1.807, 2.05) is 6.07 Å². The third kappa shape index (κ3) is 4.76. The smallest absolute Gasteiger partial charge is 0.453 e. The summed E-state index contributed by atoms with van der Waals surface area (Å²) in [5, 5.41) is 10.0. The third-order valence-corrected chi connectivity index (χ3v) is 5.78. The van der Waals surface area contributed by atoms with Crippen molar-refractivity contribution < 1.29 is 36.3 Å². The van der Waals surface area contributed by atoms with Crippen LogP contribution >= 0.6 is 0 Å². The average molecular weight is 469 g/mol. The number of nitrogens with zero attached hydrogens (tertiary/aromatic N) is 3. The molecule has 1 saturated heterocycles. The van der Waals surface area contributed by atoms with Gasteiger partial charge in [-0.25, -0.2) is 4.98 Å². The quantitative estimate of drug-likeness (QED) is 0.493. The highest BCUT2D eigenvalue weighted by Crippen LogP contribution is 2.39. The Morgan fingerprint density at radius 2 is 1.88 bits per heavy atom. The van der Waals surface area contributed by atoms with Gasteiger partial charge in [-0.05, 0) is 43.5 Å². The molecule has 1 aliphatic heterocycles. The Kier molecular flexibility index (Phi) is 5.98.